The molecule has 0 amide bonds. The van der Waals surface area contributed by atoms with Crippen LogP contribution in [0.2, 0.25) is 0 Å². The number of rotatable bonds is 4. The summed E-state index contributed by atoms with van der Waals surface area (Å²) < 4.78 is 1.07. The maximum atomic E-state index is 4.48. The first-order chi connectivity index (χ1) is 9.12. The second-order valence-electron chi connectivity index (χ2n) is 4.24. The van der Waals surface area contributed by atoms with E-state index in [1.54, 1.807) is 0 Å². The van der Waals surface area contributed by atoms with Crippen molar-refractivity contribution in [2.75, 3.05) is 17.7 Å². The van der Waals surface area contributed by atoms with E-state index in [-0.39, 0.29) is 0 Å². The zero-order chi connectivity index (χ0) is 13.8. The second kappa shape index (κ2) is 6.02. The van der Waals surface area contributed by atoms with Gasteiger partial charge in [0.25, 0.3) is 0 Å². The normalized spacial score (nSPS) is 10.3. The smallest absolute Gasteiger partial charge is 0.136 e. The number of aryl methyl sites for hydroxylation is 2. The van der Waals surface area contributed by atoms with E-state index >= 15 is 0 Å². The Bertz CT molecular complexity index is 561. The molecule has 0 aliphatic rings. The number of hydrogen-bond donors (Lipinski definition) is 2. The van der Waals surface area contributed by atoms with Crippen LogP contribution in [0.5, 0.6) is 0 Å². The van der Waals surface area contributed by atoms with Crippen molar-refractivity contribution in [3.05, 3.63) is 40.1 Å². The van der Waals surface area contributed by atoms with Gasteiger partial charge in [-0.3, -0.25) is 0 Å². The molecule has 1 heterocycles. The summed E-state index contributed by atoms with van der Waals surface area (Å²) in [5, 5.41) is 6.39. The van der Waals surface area contributed by atoms with E-state index in [4.69, 9.17) is 0 Å². The highest BCUT2D eigenvalue weighted by molar-refractivity contribution is 9.10. The standard InChI is InChI=1S/C14H17BrN4/c1-4-12-18-13(16-3)8-14(19-12)17-11-6-5-10(15)7-9(11)2/h5-8H,4H2,1-3H3,(H2,16,17,18,19). The summed E-state index contributed by atoms with van der Waals surface area (Å²) in [4.78, 5) is 8.86. The molecule has 0 spiro atoms. The van der Waals surface area contributed by atoms with Gasteiger partial charge in [-0.05, 0) is 30.7 Å². The quantitative estimate of drug-likeness (QED) is 0.897. The second-order valence-corrected chi connectivity index (χ2v) is 5.16. The lowest BCUT2D eigenvalue weighted by Gasteiger charge is -2.11. The van der Waals surface area contributed by atoms with Crippen molar-refractivity contribution < 1.29 is 0 Å². The molecule has 0 atom stereocenters. The SMILES string of the molecule is CCc1nc(NC)cc(Nc2ccc(Br)cc2C)n1. The van der Waals surface area contributed by atoms with Crippen LogP contribution in [-0.2, 0) is 6.42 Å². The van der Waals surface area contributed by atoms with Gasteiger partial charge in [-0.1, -0.05) is 22.9 Å². The Morgan fingerprint density at radius 3 is 2.53 bits per heavy atom. The van der Waals surface area contributed by atoms with Crippen molar-refractivity contribution in [1.82, 2.24) is 9.97 Å². The maximum absolute atomic E-state index is 4.48. The van der Waals surface area contributed by atoms with Crippen molar-refractivity contribution in [2.24, 2.45) is 0 Å². The largest absolute Gasteiger partial charge is 0.373 e. The highest BCUT2D eigenvalue weighted by Crippen LogP contribution is 2.23. The van der Waals surface area contributed by atoms with Crippen LogP contribution in [0.3, 0.4) is 0 Å². The van der Waals surface area contributed by atoms with E-state index in [0.717, 1.165) is 39.6 Å². The first-order valence-corrected chi connectivity index (χ1v) is 7.00. The van der Waals surface area contributed by atoms with Crippen LogP contribution in [-0.4, -0.2) is 17.0 Å². The predicted octanol–water partition coefficient (Wildman–Crippen LogP) is 3.90. The van der Waals surface area contributed by atoms with Crippen molar-refractivity contribution in [2.45, 2.75) is 20.3 Å². The molecule has 100 valence electrons. The topological polar surface area (TPSA) is 49.8 Å². The molecular weight excluding hydrogens is 304 g/mol. The summed E-state index contributed by atoms with van der Waals surface area (Å²) >= 11 is 3.46. The van der Waals surface area contributed by atoms with Gasteiger partial charge in [0.1, 0.15) is 17.5 Å². The number of halogens is 1. The monoisotopic (exact) mass is 320 g/mol. The molecule has 0 fully saturated rings. The molecule has 5 heteroatoms. The van der Waals surface area contributed by atoms with Crippen molar-refractivity contribution in [3.63, 3.8) is 0 Å². The van der Waals surface area contributed by atoms with Crippen LogP contribution >= 0.6 is 15.9 Å². The van der Waals surface area contributed by atoms with Crippen LogP contribution in [0.4, 0.5) is 17.3 Å². The maximum Gasteiger partial charge on any atom is 0.136 e. The molecule has 0 saturated carbocycles. The highest BCUT2D eigenvalue weighted by Gasteiger charge is 2.05. The minimum Gasteiger partial charge on any atom is -0.373 e. The van der Waals surface area contributed by atoms with Gasteiger partial charge in [0.2, 0.25) is 0 Å². The Morgan fingerprint density at radius 2 is 1.89 bits per heavy atom. The van der Waals surface area contributed by atoms with Gasteiger partial charge in [0.05, 0.1) is 0 Å². The first kappa shape index (κ1) is 13.8. The number of aromatic nitrogens is 2. The number of hydrogen-bond acceptors (Lipinski definition) is 4. The van der Waals surface area contributed by atoms with Gasteiger partial charge >= 0.3 is 0 Å². The summed E-state index contributed by atoms with van der Waals surface area (Å²) in [7, 11) is 1.86. The molecule has 0 aliphatic heterocycles. The van der Waals surface area contributed by atoms with Crippen LogP contribution in [0.25, 0.3) is 0 Å². The molecule has 1 aromatic heterocycles. The van der Waals surface area contributed by atoms with E-state index in [0.29, 0.717) is 0 Å². The van der Waals surface area contributed by atoms with Gasteiger partial charge in [-0.15, -0.1) is 0 Å². The zero-order valence-corrected chi connectivity index (χ0v) is 12.9. The molecule has 1 aromatic carbocycles. The van der Waals surface area contributed by atoms with Gasteiger partial charge in [-0.2, -0.15) is 0 Å². The fraction of sp³-hybridized carbons (Fsp3) is 0.286. The molecule has 2 rings (SSSR count). The number of anilines is 3. The third kappa shape index (κ3) is 3.44. The Hall–Kier alpha value is -1.62. The van der Waals surface area contributed by atoms with E-state index in [2.05, 4.69) is 49.5 Å². The molecule has 4 nitrogen and oxygen atoms in total. The fourth-order valence-electron chi connectivity index (χ4n) is 1.75. The minimum atomic E-state index is 0.807. The van der Waals surface area contributed by atoms with E-state index < -0.39 is 0 Å². The Kier molecular flexibility index (Phi) is 4.37. The Balaban J connectivity index is 2.31. The third-order valence-corrected chi connectivity index (χ3v) is 3.29. The molecule has 0 aliphatic carbocycles. The molecule has 2 aromatic rings. The number of nitrogens with zero attached hydrogens (tertiary/aromatic N) is 2. The first-order valence-electron chi connectivity index (χ1n) is 6.21. The van der Waals surface area contributed by atoms with Gasteiger partial charge in [0, 0.05) is 29.7 Å². The Labute approximate surface area is 121 Å². The lowest BCUT2D eigenvalue weighted by atomic mass is 10.2. The van der Waals surface area contributed by atoms with Gasteiger partial charge in [-0.25, -0.2) is 9.97 Å². The molecule has 2 N–H and O–H groups in total. The molecule has 0 unspecified atom stereocenters. The van der Waals surface area contributed by atoms with Crippen molar-refractivity contribution in [3.8, 4) is 0 Å². The van der Waals surface area contributed by atoms with Gasteiger partial charge in [0.15, 0.2) is 0 Å². The average Bonchev–Trinajstić information content (AvgIpc) is 2.41. The lowest BCUT2D eigenvalue weighted by molar-refractivity contribution is 0.944. The van der Waals surface area contributed by atoms with Crippen LogP contribution in [0.1, 0.15) is 18.3 Å². The summed E-state index contributed by atoms with van der Waals surface area (Å²) in [5.74, 6) is 2.45. The van der Waals surface area contributed by atoms with E-state index in [9.17, 15) is 0 Å². The summed E-state index contributed by atoms with van der Waals surface area (Å²) in [6.07, 6.45) is 0.809. The van der Waals surface area contributed by atoms with Crippen LogP contribution in [0.15, 0.2) is 28.7 Å². The third-order valence-electron chi connectivity index (χ3n) is 2.80. The molecule has 0 bridgehead atoms. The molecule has 19 heavy (non-hydrogen) atoms. The van der Waals surface area contributed by atoms with Crippen molar-refractivity contribution in [1.29, 1.82) is 0 Å². The zero-order valence-electron chi connectivity index (χ0n) is 11.3. The van der Waals surface area contributed by atoms with Crippen LogP contribution in [0, 0.1) is 6.92 Å². The van der Waals surface area contributed by atoms with Gasteiger partial charge < -0.3 is 10.6 Å². The van der Waals surface area contributed by atoms with E-state index in [1.165, 1.54) is 0 Å². The fourth-order valence-corrected chi connectivity index (χ4v) is 2.23. The summed E-state index contributed by atoms with van der Waals surface area (Å²) in [5.41, 5.74) is 2.21. The Morgan fingerprint density at radius 1 is 1.16 bits per heavy atom. The minimum absolute atomic E-state index is 0.807. The summed E-state index contributed by atoms with van der Waals surface area (Å²) in [6.45, 7) is 4.11. The molecule has 0 radical (unpaired) electrons. The highest BCUT2D eigenvalue weighted by atomic mass is 79.9. The van der Waals surface area contributed by atoms with Crippen LogP contribution < -0.4 is 10.6 Å². The van der Waals surface area contributed by atoms with E-state index in [1.807, 2.05) is 32.2 Å². The summed E-state index contributed by atoms with van der Waals surface area (Å²) in [6, 6.07) is 8.02. The lowest BCUT2D eigenvalue weighted by Crippen LogP contribution is -2.03. The van der Waals surface area contributed by atoms with Crippen molar-refractivity contribution >= 4 is 33.3 Å². The molecule has 0 saturated heterocycles. The number of benzene rings is 1. The average molecular weight is 321 g/mol. The molecular formula is C14H17BrN4. The number of nitrogens with one attached hydrogen (secondary N) is 2. The predicted molar refractivity (Wildman–Crippen MR) is 83.1 cm³/mol.